The Bertz CT molecular complexity index is 677. The normalized spacial score (nSPS) is 10.6. The van der Waals surface area contributed by atoms with Crippen molar-refractivity contribution in [3.8, 4) is 11.3 Å². The average Bonchev–Trinajstić information content (AvgIpc) is 2.36. The third-order valence-electron chi connectivity index (χ3n) is 2.50. The summed E-state index contributed by atoms with van der Waals surface area (Å²) < 4.78 is 41.4. The summed E-state index contributed by atoms with van der Waals surface area (Å²) in [5.41, 5.74) is 3.52. The van der Waals surface area contributed by atoms with Gasteiger partial charge in [0, 0.05) is 11.6 Å². The molecule has 0 atom stereocenters. The first-order valence-electron chi connectivity index (χ1n) is 5.34. The maximum atomic E-state index is 14.2. The molecule has 1 heterocycles. The van der Waals surface area contributed by atoms with E-state index < -0.39 is 40.9 Å². The minimum absolute atomic E-state index is 0.0361. The molecule has 0 spiro atoms. The Kier molecular flexibility index (Phi) is 3.89. The Hall–Kier alpha value is -2.15. The summed E-state index contributed by atoms with van der Waals surface area (Å²) in [7, 11) is 0. The predicted molar refractivity (Wildman–Crippen MR) is 65.3 cm³/mol. The van der Waals surface area contributed by atoms with Gasteiger partial charge in [0.15, 0.2) is 5.15 Å². The van der Waals surface area contributed by atoms with Crippen LogP contribution in [0.15, 0.2) is 18.2 Å². The molecule has 2 aromatic rings. The van der Waals surface area contributed by atoms with Gasteiger partial charge in [-0.15, -0.1) is 10.2 Å². The van der Waals surface area contributed by atoms with Crippen LogP contribution in [0, 0.1) is 17.5 Å². The molecule has 0 unspecified atom stereocenters. The molecular formula is C12H7ClF3N3O. The van der Waals surface area contributed by atoms with E-state index in [4.69, 9.17) is 17.3 Å². The largest absolute Gasteiger partial charge is 0.369 e. The molecule has 0 saturated heterocycles. The summed E-state index contributed by atoms with van der Waals surface area (Å²) in [4.78, 5) is 10.8. The van der Waals surface area contributed by atoms with E-state index in [1.54, 1.807) is 0 Å². The summed E-state index contributed by atoms with van der Waals surface area (Å²) >= 11 is 5.52. The Morgan fingerprint density at radius 2 is 1.90 bits per heavy atom. The maximum absolute atomic E-state index is 14.2. The second-order valence-corrected chi connectivity index (χ2v) is 4.28. The first kappa shape index (κ1) is 14.3. The molecule has 0 radical (unpaired) electrons. The highest BCUT2D eigenvalue weighted by atomic mass is 35.5. The van der Waals surface area contributed by atoms with Gasteiger partial charge in [-0.1, -0.05) is 11.6 Å². The zero-order chi connectivity index (χ0) is 14.9. The first-order valence-corrected chi connectivity index (χ1v) is 5.72. The highest BCUT2D eigenvalue weighted by Crippen LogP contribution is 2.29. The minimum atomic E-state index is -1.24. The standard InChI is InChI=1S/C12H7ClF3N3O/c13-9-2-1-8(18-19-9)11-7(15)4-6(14)5(12(11)16)3-10(17)20/h1-2,4H,3H2,(H2,17,20). The summed E-state index contributed by atoms with van der Waals surface area (Å²) in [5, 5.41) is 7.00. The van der Waals surface area contributed by atoms with Crippen LogP contribution in [0.2, 0.25) is 5.15 Å². The molecule has 8 heteroatoms. The predicted octanol–water partition coefficient (Wildman–Crippen LogP) is 2.24. The number of carbonyl (C=O) groups is 1. The van der Waals surface area contributed by atoms with E-state index in [9.17, 15) is 18.0 Å². The fourth-order valence-corrected chi connectivity index (χ4v) is 1.75. The Morgan fingerprint density at radius 1 is 1.20 bits per heavy atom. The van der Waals surface area contributed by atoms with Gasteiger partial charge < -0.3 is 5.73 Å². The molecule has 1 aromatic heterocycles. The number of benzene rings is 1. The molecule has 0 fully saturated rings. The molecule has 1 aromatic carbocycles. The molecule has 1 amide bonds. The van der Waals surface area contributed by atoms with Crippen molar-refractivity contribution in [1.82, 2.24) is 10.2 Å². The van der Waals surface area contributed by atoms with Gasteiger partial charge in [0.25, 0.3) is 0 Å². The average molecular weight is 302 g/mol. The van der Waals surface area contributed by atoms with Crippen LogP contribution in [-0.4, -0.2) is 16.1 Å². The van der Waals surface area contributed by atoms with Gasteiger partial charge in [-0.3, -0.25) is 4.79 Å². The second-order valence-electron chi connectivity index (χ2n) is 3.89. The summed E-state index contributed by atoms with van der Waals surface area (Å²) in [6.45, 7) is 0. The zero-order valence-corrected chi connectivity index (χ0v) is 10.6. The fourth-order valence-electron chi connectivity index (χ4n) is 1.65. The first-order chi connectivity index (χ1) is 9.40. The lowest BCUT2D eigenvalue weighted by Gasteiger charge is -2.09. The molecular weight excluding hydrogens is 295 g/mol. The monoisotopic (exact) mass is 301 g/mol. The van der Waals surface area contributed by atoms with Crippen molar-refractivity contribution in [3.63, 3.8) is 0 Å². The molecule has 0 aliphatic rings. The van der Waals surface area contributed by atoms with Gasteiger partial charge in [0.1, 0.15) is 17.5 Å². The third kappa shape index (κ3) is 2.72. The number of primary amides is 1. The number of amides is 1. The van der Waals surface area contributed by atoms with Crippen LogP contribution in [0.5, 0.6) is 0 Å². The molecule has 2 N–H and O–H groups in total. The number of rotatable bonds is 3. The number of hydrogen-bond donors (Lipinski definition) is 1. The Morgan fingerprint density at radius 3 is 2.45 bits per heavy atom. The molecule has 4 nitrogen and oxygen atoms in total. The third-order valence-corrected chi connectivity index (χ3v) is 2.71. The number of nitrogens with zero attached hydrogens (tertiary/aromatic N) is 2. The van der Waals surface area contributed by atoms with Gasteiger partial charge in [0.2, 0.25) is 5.91 Å². The number of nitrogens with two attached hydrogens (primary N) is 1. The summed E-state index contributed by atoms with van der Waals surface area (Å²) in [5.74, 6) is -4.53. The van der Waals surface area contributed by atoms with E-state index in [-0.39, 0.29) is 10.8 Å². The number of hydrogen-bond acceptors (Lipinski definition) is 3. The maximum Gasteiger partial charge on any atom is 0.222 e. The van der Waals surface area contributed by atoms with Crippen molar-refractivity contribution in [2.24, 2.45) is 5.73 Å². The molecule has 0 bridgehead atoms. The molecule has 0 aliphatic heterocycles. The van der Waals surface area contributed by atoms with E-state index in [0.29, 0.717) is 6.07 Å². The van der Waals surface area contributed by atoms with Crippen LogP contribution >= 0.6 is 11.6 Å². The van der Waals surface area contributed by atoms with Crippen molar-refractivity contribution in [3.05, 3.63) is 46.4 Å². The van der Waals surface area contributed by atoms with E-state index in [1.165, 1.54) is 12.1 Å². The van der Waals surface area contributed by atoms with Crippen LogP contribution in [0.25, 0.3) is 11.3 Å². The van der Waals surface area contributed by atoms with Crippen LogP contribution in [0.1, 0.15) is 5.56 Å². The molecule has 2 rings (SSSR count). The highest BCUT2D eigenvalue weighted by Gasteiger charge is 2.22. The van der Waals surface area contributed by atoms with E-state index in [2.05, 4.69) is 10.2 Å². The quantitative estimate of drug-likeness (QED) is 0.945. The summed E-state index contributed by atoms with van der Waals surface area (Å²) in [6, 6.07) is 2.97. The van der Waals surface area contributed by atoms with E-state index in [0.717, 1.165) is 0 Å². The molecule has 20 heavy (non-hydrogen) atoms. The molecule has 0 aliphatic carbocycles. The van der Waals surface area contributed by atoms with Crippen molar-refractivity contribution >= 4 is 17.5 Å². The van der Waals surface area contributed by atoms with Crippen molar-refractivity contribution in [2.75, 3.05) is 0 Å². The SMILES string of the molecule is NC(=O)Cc1c(F)cc(F)c(-c2ccc(Cl)nn2)c1F. The molecule has 0 saturated carbocycles. The van der Waals surface area contributed by atoms with E-state index >= 15 is 0 Å². The lowest BCUT2D eigenvalue weighted by molar-refractivity contribution is -0.117. The van der Waals surface area contributed by atoms with Gasteiger partial charge in [-0.05, 0) is 12.1 Å². The molecule has 104 valence electrons. The highest BCUT2D eigenvalue weighted by molar-refractivity contribution is 6.29. The topological polar surface area (TPSA) is 68.9 Å². The van der Waals surface area contributed by atoms with Gasteiger partial charge >= 0.3 is 0 Å². The number of carbonyl (C=O) groups excluding carboxylic acids is 1. The lowest BCUT2D eigenvalue weighted by Crippen LogP contribution is -2.16. The van der Waals surface area contributed by atoms with Gasteiger partial charge in [0.05, 0.1) is 17.7 Å². The van der Waals surface area contributed by atoms with Gasteiger partial charge in [-0.2, -0.15) is 0 Å². The van der Waals surface area contributed by atoms with E-state index in [1.807, 2.05) is 0 Å². The van der Waals surface area contributed by atoms with Crippen LogP contribution < -0.4 is 5.73 Å². The summed E-state index contributed by atoms with van der Waals surface area (Å²) in [6.07, 6.45) is -0.689. The Labute approximate surface area is 116 Å². The van der Waals surface area contributed by atoms with Crippen molar-refractivity contribution < 1.29 is 18.0 Å². The van der Waals surface area contributed by atoms with Gasteiger partial charge in [-0.25, -0.2) is 13.2 Å². The fraction of sp³-hybridized carbons (Fsp3) is 0.0833. The van der Waals surface area contributed by atoms with Crippen molar-refractivity contribution in [1.29, 1.82) is 0 Å². The second kappa shape index (κ2) is 5.46. The van der Waals surface area contributed by atoms with Crippen LogP contribution in [0.4, 0.5) is 13.2 Å². The zero-order valence-electron chi connectivity index (χ0n) is 9.83. The van der Waals surface area contributed by atoms with Crippen LogP contribution in [0.3, 0.4) is 0 Å². The number of halogens is 4. The van der Waals surface area contributed by atoms with Crippen molar-refractivity contribution in [2.45, 2.75) is 6.42 Å². The minimum Gasteiger partial charge on any atom is -0.369 e. The smallest absolute Gasteiger partial charge is 0.222 e. The van der Waals surface area contributed by atoms with Crippen LogP contribution in [-0.2, 0) is 11.2 Å². The number of aromatic nitrogens is 2. The lowest BCUT2D eigenvalue weighted by atomic mass is 10.0. The Balaban J connectivity index is 2.63.